The molecule has 1 heterocycles. The van der Waals surface area contributed by atoms with Crippen LogP contribution < -0.4 is 10.6 Å². The number of methoxy groups -OCH3 is 1. The van der Waals surface area contributed by atoms with Gasteiger partial charge in [0.15, 0.2) is 9.84 Å². The lowest BCUT2D eigenvalue weighted by atomic mass is 10.2. The van der Waals surface area contributed by atoms with Gasteiger partial charge in [0.25, 0.3) is 0 Å². The van der Waals surface area contributed by atoms with Crippen molar-refractivity contribution in [3.63, 3.8) is 0 Å². The Morgan fingerprint density at radius 3 is 2.85 bits per heavy atom. The van der Waals surface area contributed by atoms with Gasteiger partial charge in [-0.1, -0.05) is 0 Å². The Morgan fingerprint density at radius 1 is 1.35 bits per heavy atom. The zero-order valence-electron chi connectivity index (χ0n) is 11.9. The zero-order chi connectivity index (χ0) is 14.8. The highest BCUT2D eigenvalue weighted by atomic mass is 32.2. The van der Waals surface area contributed by atoms with Crippen LogP contribution in [0.3, 0.4) is 0 Å². The number of carbonyl (C=O) groups excluding carboxylic acids is 1. The van der Waals surface area contributed by atoms with Crippen molar-refractivity contribution in [1.82, 2.24) is 10.6 Å². The Kier molecular flexibility index (Phi) is 8.05. The largest absolute Gasteiger partial charge is 0.382 e. The van der Waals surface area contributed by atoms with Gasteiger partial charge >= 0.3 is 0 Å². The fourth-order valence-electron chi connectivity index (χ4n) is 1.94. The third kappa shape index (κ3) is 7.78. The lowest BCUT2D eigenvalue weighted by Gasteiger charge is -2.23. The second-order valence-electron chi connectivity index (χ2n) is 4.78. The third-order valence-electron chi connectivity index (χ3n) is 2.95. The molecule has 1 rings (SSSR count). The van der Waals surface area contributed by atoms with Crippen molar-refractivity contribution < 1.29 is 22.7 Å². The van der Waals surface area contributed by atoms with Crippen LogP contribution in [-0.4, -0.2) is 71.9 Å². The highest BCUT2D eigenvalue weighted by molar-refractivity contribution is 7.91. The molecule has 2 N–H and O–H groups in total. The number of amides is 1. The average molecular weight is 308 g/mol. The van der Waals surface area contributed by atoms with E-state index in [1.54, 1.807) is 7.11 Å². The van der Waals surface area contributed by atoms with Gasteiger partial charge in [-0.2, -0.15) is 0 Å². The van der Waals surface area contributed by atoms with Crippen LogP contribution in [0.4, 0.5) is 0 Å². The summed E-state index contributed by atoms with van der Waals surface area (Å²) in [7, 11) is -1.38. The number of rotatable bonds is 9. The van der Waals surface area contributed by atoms with Crippen molar-refractivity contribution in [3.05, 3.63) is 0 Å². The standard InChI is InChI=1S/C12H24N2O5S/c1-18-6-7-19-5-2-3-14-12(15)9-11-10-20(16,17)8-4-13-11/h11,13H,2-10H2,1H3,(H,14,15). The molecule has 0 spiro atoms. The molecule has 7 nitrogen and oxygen atoms in total. The summed E-state index contributed by atoms with van der Waals surface area (Å²) in [4.78, 5) is 11.7. The molecule has 0 aromatic heterocycles. The summed E-state index contributed by atoms with van der Waals surface area (Å²) < 4.78 is 33.0. The molecule has 0 radical (unpaired) electrons. The van der Waals surface area contributed by atoms with Crippen molar-refractivity contribution >= 4 is 15.7 Å². The van der Waals surface area contributed by atoms with E-state index < -0.39 is 9.84 Å². The lowest BCUT2D eigenvalue weighted by molar-refractivity contribution is -0.121. The van der Waals surface area contributed by atoms with Crippen molar-refractivity contribution in [1.29, 1.82) is 0 Å². The second kappa shape index (κ2) is 9.28. The Morgan fingerprint density at radius 2 is 2.15 bits per heavy atom. The molecule has 0 aliphatic carbocycles. The van der Waals surface area contributed by atoms with Crippen LogP contribution in [0.1, 0.15) is 12.8 Å². The molecule has 1 atom stereocenters. The van der Waals surface area contributed by atoms with Gasteiger partial charge in [-0.15, -0.1) is 0 Å². The topological polar surface area (TPSA) is 93.7 Å². The van der Waals surface area contributed by atoms with E-state index >= 15 is 0 Å². The molecule has 1 amide bonds. The van der Waals surface area contributed by atoms with Crippen LogP contribution in [0.5, 0.6) is 0 Å². The van der Waals surface area contributed by atoms with Gasteiger partial charge in [0.2, 0.25) is 5.91 Å². The van der Waals surface area contributed by atoms with Gasteiger partial charge in [-0.25, -0.2) is 8.42 Å². The number of hydrogen-bond donors (Lipinski definition) is 2. The molecule has 1 aliphatic rings. The molecular formula is C12H24N2O5S. The molecule has 1 saturated heterocycles. The fraction of sp³-hybridized carbons (Fsp3) is 0.917. The fourth-order valence-corrected chi connectivity index (χ4v) is 3.39. The maximum Gasteiger partial charge on any atom is 0.221 e. The molecule has 8 heteroatoms. The van der Waals surface area contributed by atoms with E-state index in [1.807, 2.05) is 0 Å². The molecule has 0 aromatic rings. The Balaban J connectivity index is 2.05. The monoisotopic (exact) mass is 308 g/mol. The third-order valence-corrected chi connectivity index (χ3v) is 4.69. The molecule has 0 aromatic carbocycles. The van der Waals surface area contributed by atoms with E-state index in [-0.39, 0.29) is 29.9 Å². The summed E-state index contributed by atoms with van der Waals surface area (Å²) in [6, 6.07) is -0.272. The highest BCUT2D eigenvalue weighted by Gasteiger charge is 2.25. The van der Waals surface area contributed by atoms with E-state index in [0.29, 0.717) is 32.9 Å². The van der Waals surface area contributed by atoms with E-state index in [9.17, 15) is 13.2 Å². The summed E-state index contributed by atoms with van der Waals surface area (Å²) in [5.41, 5.74) is 0. The van der Waals surface area contributed by atoms with Crippen molar-refractivity contribution in [3.8, 4) is 0 Å². The summed E-state index contributed by atoms with van der Waals surface area (Å²) in [6.07, 6.45) is 0.926. The number of carbonyl (C=O) groups is 1. The van der Waals surface area contributed by atoms with Crippen molar-refractivity contribution in [2.24, 2.45) is 0 Å². The van der Waals surface area contributed by atoms with Crippen LogP contribution in [0.15, 0.2) is 0 Å². The second-order valence-corrected chi connectivity index (χ2v) is 7.01. The van der Waals surface area contributed by atoms with E-state index in [0.717, 1.165) is 6.42 Å². The first-order chi connectivity index (χ1) is 9.53. The first-order valence-electron chi connectivity index (χ1n) is 6.80. The molecule has 0 bridgehead atoms. The maximum absolute atomic E-state index is 11.7. The summed E-state index contributed by atoms with van der Waals surface area (Å²) >= 11 is 0. The van der Waals surface area contributed by atoms with Gasteiger partial charge in [-0.05, 0) is 6.42 Å². The molecule has 20 heavy (non-hydrogen) atoms. The predicted octanol–water partition coefficient (Wildman–Crippen LogP) is -1.07. The van der Waals surface area contributed by atoms with Gasteiger partial charge < -0.3 is 20.1 Å². The molecule has 118 valence electrons. The van der Waals surface area contributed by atoms with E-state index in [2.05, 4.69) is 10.6 Å². The lowest BCUT2D eigenvalue weighted by Crippen LogP contribution is -2.47. The predicted molar refractivity (Wildman–Crippen MR) is 75.4 cm³/mol. The minimum atomic E-state index is -2.99. The van der Waals surface area contributed by atoms with Crippen molar-refractivity contribution in [2.75, 3.05) is 51.5 Å². The van der Waals surface area contributed by atoms with Crippen LogP contribution >= 0.6 is 0 Å². The maximum atomic E-state index is 11.7. The average Bonchev–Trinajstić information content (AvgIpc) is 2.36. The number of sulfone groups is 1. The molecule has 0 saturated carbocycles. The first-order valence-corrected chi connectivity index (χ1v) is 8.63. The van der Waals surface area contributed by atoms with Crippen LogP contribution in [-0.2, 0) is 24.1 Å². The highest BCUT2D eigenvalue weighted by Crippen LogP contribution is 2.04. The van der Waals surface area contributed by atoms with Crippen LogP contribution in [0.2, 0.25) is 0 Å². The molecule has 1 fully saturated rings. The van der Waals surface area contributed by atoms with Gasteiger partial charge in [0.05, 0.1) is 24.7 Å². The minimum Gasteiger partial charge on any atom is -0.382 e. The van der Waals surface area contributed by atoms with E-state index in [1.165, 1.54) is 0 Å². The molecule has 1 unspecified atom stereocenters. The van der Waals surface area contributed by atoms with Crippen molar-refractivity contribution in [2.45, 2.75) is 18.9 Å². The summed E-state index contributed by atoms with van der Waals surface area (Å²) in [5.74, 6) is 0.0706. The van der Waals surface area contributed by atoms with Crippen LogP contribution in [0.25, 0.3) is 0 Å². The van der Waals surface area contributed by atoms with Gasteiger partial charge in [0, 0.05) is 39.3 Å². The quantitative estimate of drug-likeness (QED) is 0.527. The van der Waals surface area contributed by atoms with Gasteiger partial charge in [0.1, 0.15) is 0 Å². The Bertz CT molecular complexity index is 385. The Labute approximate surface area is 120 Å². The zero-order valence-corrected chi connectivity index (χ0v) is 12.7. The summed E-state index contributed by atoms with van der Waals surface area (Å²) in [6.45, 7) is 2.64. The van der Waals surface area contributed by atoms with Gasteiger partial charge in [-0.3, -0.25) is 4.79 Å². The molecule has 1 aliphatic heterocycles. The normalized spacial score (nSPS) is 21.6. The Hall–Kier alpha value is -0.700. The van der Waals surface area contributed by atoms with E-state index in [4.69, 9.17) is 9.47 Å². The molecular weight excluding hydrogens is 284 g/mol. The smallest absolute Gasteiger partial charge is 0.221 e. The first kappa shape index (κ1) is 17.4. The minimum absolute atomic E-state index is 0.0422. The summed E-state index contributed by atoms with van der Waals surface area (Å²) in [5, 5.41) is 5.81. The number of nitrogens with one attached hydrogen (secondary N) is 2. The number of ether oxygens (including phenoxy) is 2. The van der Waals surface area contributed by atoms with Crippen LogP contribution in [0, 0.1) is 0 Å². The SMILES string of the molecule is COCCOCCCNC(=O)CC1CS(=O)(=O)CCN1. The number of hydrogen-bond acceptors (Lipinski definition) is 6.